The van der Waals surface area contributed by atoms with Crippen LogP contribution < -0.4 is 5.32 Å². The van der Waals surface area contributed by atoms with Crippen molar-refractivity contribution in [3.8, 4) is 0 Å². The molecule has 1 nitrogen and oxygen atoms in total. The summed E-state index contributed by atoms with van der Waals surface area (Å²) in [4.78, 5) is 1.42. The Labute approximate surface area is 129 Å². The minimum Gasteiger partial charge on any atom is -0.319 e. The van der Waals surface area contributed by atoms with Crippen LogP contribution in [0, 0.1) is 0 Å². The van der Waals surface area contributed by atoms with Crippen molar-refractivity contribution >= 4 is 43.2 Å². The summed E-state index contributed by atoms with van der Waals surface area (Å²) in [7, 11) is 2.01. The lowest BCUT2D eigenvalue weighted by Gasteiger charge is -2.16. The average molecular weight is 389 g/mol. The summed E-state index contributed by atoms with van der Waals surface area (Å²) in [5.74, 6) is 0.522. The summed E-state index contributed by atoms with van der Waals surface area (Å²) in [6, 6.07) is 10.8. The van der Waals surface area contributed by atoms with Crippen molar-refractivity contribution in [1.82, 2.24) is 5.32 Å². The first-order valence-electron chi connectivity index (χ1n) is 5.82. The monoisotopic (exact) mass is 387 g/mol. The molecule has 0 spiro atoms. The minimum atomic E-state index is 0.522. The molecule has 1 N–H and O–H groups in total. The van der Waals surface area contributed by atoms with E-state index in [9.17, 15) is 0 Å². The Kier molecular flexibility index (Phi) is 5.42. The summed E-state index contributed by atoms with van der Waals surface area (Å²) in [6.07, 6.45) is 1.08. The van der Waals surface area contributed by atoms with E-state index in [-0.39, 0.29) is 0 Å². The summed E-state index contributed by atoms with van der Waals surface area (Å²) in [6.45, 7) is 0.997. The van der Waals surface area contributed by atoms with Gasteiger partial charge in [0.25, 0.3) is 0 Å². The number of thiophene rings is 1. The van der Waals surface area contributed by atoms with Crippen LogP contribution in [-0.2, 0) is 6.42 Å². The summed E-state index contributed by atoms with van der Waals surface area (Å²) >= 11 is 8.82. The maximum absolute atomic E-state index is 3.52. The molecule has 18 heavy (non-hydrogen) atoms. The fourth-order valence-corrected chi connectivity index (χ4v) is 3.79. The fraction of sp³-hybridized carbons (Fsp3) is 0.286. The van der Waals surface area contributed by atoms with Crippen molar-refractivity contribution < 1.29 is 0 Å². The van der Waals surface area contributed by atoms with Crippen molar-refractivity contribution in [2.45, 2.75) is 12.3 Å². The predicted molar refractivity (Wildman–Crippen MR) is 86.5 cm³/mol. The van der Waals surface area contributed by atoms with Crippen LogP contribution in [0.4, 0.5) is 0 Å². The molecule has 0 amide bonds. The van der Waals surface area contributed by atoms with Crippen molar-refractivity contribution in [3.05, 3.63) is 55.1 Å². The molecule has 0 fully saturated rings. The van der Waals surface area contributed by atoms with Gasteiger partial charge in [-0.1, -0.05) is 28.1 Å². The zero-order valence-corrected chi connectivity index (χ0v) is 14.1. The number of benzene rings is 1. The third-order valence-electron chi connectivity index (χ3n) is 2.86. The zero-order valence-electron chi connectivity index (χ0n) is 10.1. The van der Waals surface area contributed by atoms with Crippen LogP contribution in [-0.4, -0.2) is 13.6 Å². The molecule has 2 rings (SSSR count). The molecule has 4 heteroatoms. The predicted octanol–water partition coefficient (Wildman–Crippen LogP) is 4.82. The number of hydrogen-bond acceptors (Lipinski definition) is 2. The number of likely N-dealkylation sites (N-methyl/N-ethyl adjacent to an activating group) is 1. The van der Waals surface area contributed by atoms with E-state index >= 15 is 0 Å². The van der Waals surface area contributed by atoms with Gasteiger partial charge in [0.1, 0.15) is 0 Å². The molecular formula is C14H15Br2NS. The molecule has 0 aliphatic carbocycles. The SMILES string of the molecule is CNCC(Cc1cc(Br)cs1)c1ccc(Br)cc1. The molecule has 0 saturated heterocycles. The Morgan fingerprint density at radius 2 is 1.89 bits per heavy atom. The van der Waals surface area contributed by atoms with Crippen molar-refractivity contribution in [2.24, 2.45) is 0 Å². The lowest BCUT2D eigenvalue weighted by molar-refractivity contribution is 0.630. The first-order valence-corrected chi connectivity index (χ1v) is 8.28. The molecule has 2 aromatic rings. The molecule has 0 saturated carbocycles. The summed E-state index contributed by atoms with van der Waals surface area (Å²) < 4.78 is 2.31. The largest absolute Gasteiger partial charge is 0.319 e. The third-order valence-corrected chi connectivity index (χ3v) is 5.11. The molecule has 96 valence electrons. The lowest BCUT2D eigenvalue weighted by atomic mass is 9.95. The van der Waals surface area contributed by atoms with E-state index in [0.29, 0.717) is 5.92 Å². The van der Waals surface area contributed by atoms with Crippen LogP contribution >= 0.6 is 43.2 Å². The van der Waals surface area contributed by atoms with Gasteiger partial charge in [-0.05, 0) is 53.2 Å². The van der Waals surface area contributed by atoms with E-state index in [1.807, 2.05) is 18.4 Å². The van der Waals surface area contributed by atoms with E-state index in [1.165, 1.54) is 14.9 Å². The minimum absolute atomic E-state index is 0.522. The Bertz CT molecular complexity index is 493. The second kappa shape index (κ2) is 6.85. The molecule has 1 heterocycles. The van der Waals surface area contributed by atoms with Crippen molar-refractivity contribution in [1.29, 1.82) is 0 Å². The quantitative estimate of drug-likeness (QED) is 0.774. The van der Waals surface area contributed by atoms with Gasteiger partial charge < -0.3 is 5.32 Å². The normalized spacial score (nSPS) is 12.6. The highest BCUT2D eigenvalue weighted by atomic mass is 79.9. The van der Waals surface area contributed by atoms with Gasteiger partial charge in [0.15, 0.2) is 0 Å². The second-order valence-corrected chi connectivity index (χ2v) is 7.07. The van der Waals surface area contributed by atoms with E-state index in [4.69, 9.17) is 0 Å². The second-order valence-electron chi connectivity index (χ2n) is 4.24. The maximum atomic E-state index is 3.52. The van der Waals surface area contributed by atoms with Gasteiger partial charge >= 0.3 is 0 Å². The Morgan fingerprint density at radius 3 is 2.44 bits per heavy atom. The van der Waals surface area contributed by atoms with Gasteiger partial charge in [-0.3, -0.25) is 0 Å². The highest BCUT2D eigenvalue weighted by Gasteiger charge is 2.12. The number of nitrogens with one attached hydrogen (secondary N) is 1. The van der Waals surface area contributed by atoms with Gasteiger partial charge in [-0.2, -0.15) is 0 Å². The van der Waals surface area contributed by atoms with E-state index in [1.54, 1.807) is 0 Å². The lowest BCUT2D eigenvalue weighted by Crippen LogP contribution is -2.18. The fourth-order valence-electron chi connectivity index (χ4n) is 1.99. The Morgan fingerprint density at radius 1 is 1.17 bits per heavy atom. The standard InChI is InChI=1S/C14H15Br2NS/c1-17-8-11(6-14-7-13(16)9-18-14)10-2-4-12(15)5-3-10/h2-5,7,9,11,17H,6,8H2,1H3. The smallest absolute Gasteiger partial charge is 0.0285 e. The Balaban J connectivity index is 2.14. The molecule has 1 atom stereocenters. The summed E-state index contributed by atoms with van der Waals surface area (Å²) in [5.41, 5.74) is 1.39. The van der Waals surface area contributed by atoms with E-state index in [0.717, 1.165) is 17.4 Å². The summed E-state index contributed by atoms with van der Waals surface area (Å²) in [5, 5.41) is 5.44. The molecule has 0 radical (unpaired) electrons. The molecule has 1 aromatic heterocycles. The van der Waals surface area contributed by atoms with Crippen LogP contribution in [0.2, 0.25) is 0 Å². The van der Waals surface area contributed by atoms with Gasteiger partial charge in [-0.15, -0.1) is 11.3 Å². The maximum Gasteiger partial charge on any atom is 0.0285 e. The number of halogens is 2. The van der Waals surface area contributed by atoms with Crippen molar-refractivity contribution in [2.75, 3.05) is 13.6 Å². The first-order chi connectivity index (χ1) is 8.69. The van der Waals surface area contributed by atoms with E-state index in [2.05, 4.69) is 72.9 Å². The number of hydrogen-bond donors (Lipinski definition) is 1. The van der Waals surface area contributed by atoms with Gasteiger partial charge in [0.05, 0.1) is 0 Å². The Hall–Kier alpha value is -0.160. The first kappa shape index (κ1) is 14.3. The highest BCUT2D eigenvalue weighted by molar-refractivity contribution is 9.10. The van der Waals surface area contributed by atoms with Gasteiger partial charge in [0.2, 0.25) is 0 Å². The van der Waals surface area contributed by atoms with Gasteiger partial charge in [-0.25, -0.2) is 0 Å². The molecule has 1 unspecified atom stereocenters. The van der Waals surface area contributed by atoms with Gasteiger partial charge in [0, 0.05) is 31.7 Å². The van der Waals surface area contributed by atoms with Crippen LogP contribution in [0.15, 0.2) is 44.7 Å². The average Bonchev–Trinajstić information content (AvgIpc) is 2.75. The highest BCUT2D eigenvalue weighted by Crippen LogP contribution is 2.27. The van der Waals surface area contributed by atoms with Crippen LogP contribution in [0.3, 0.4) is 0 Å². The molecule has 1 aromatic carbocycles. The number of rotatable bonds is 5. The third kappa shape index (κ3) is 3.92. The topological polar surface area (TPSA) is 12.0 Å². The zero-order chi connectivity index (χ0) is 13.0. The molecular weight excluding hydrogens is 374 g/mol. The molecule has 0 bridgehead atoms. The van der Waals surface area contributed by atoms with Crippen LogP contribution in [0.1, 0.15) is 16.4 Å². The van der Waals surface area contributed by atoms with Crippen LogP contribution in [0.5, 0.6) is 0 Å². The van der Waals surface area contributed by atoms with E-state index < -0.39 is 0 Å². The molecule has 0 aliphatic heterocycles. The van der Waals surface area contributed by atoms with Crippen LogP contribution in [0.25, 0.3) is 0 Å². The molecule has 0 aliphatic rings. The van der Waals surface area contributed by atoms with Crippen molar-refractivity contribution in [3.63, 3.8) is 0 Å².